The number of halogens is 1. The molecule has 1 aliphatic rings. The molecule has 2 aromatic carbocycles. The minimum Gasteiger partial charge on any atom is -0.453 e. The number of methoxy groups -OCH3 is 1. The number of hydrogen-bond donors (Lipinski definition) is 4. The summed E-state index contributed by atoms with van der Waals surface area (Å²) in [6.45, 7) is 0. The number of ether oxygens (including phenoxy) is 1. The van der Waals surface area contributed by atoms with Gasteiger partial charge in [0.15, 0.2) is 0 Å². The first-order chi connectivity index (χ1) is 20.2. The molecule has 42 heavy (non-hydrogen) atoms. The van der Waals surface area contributed by atoms with Crippen LogP contribution >= 0.6 is 11.6 Å². The van der Waals surface area contributed by atoms with E-state index in [1.54, 1.807) is 42.6 Å². The fourth-order valence-electron chi connectivity index (χ4n) is 4.41. The number of aromatic nitrogens is 6. The fraction of sp³-hybridized carbons (Fsp3) is 0.231. The third-order valence-corrected chi connectivity index (χ3v) is 7.98. The third kappa shape index (κ3) is 6.92. The van der Waals surface area contributed by atoms with Crippen LogP contribution in [0.4, 0.5) is 16.2 Å². The molecular weight excluding hydrogens is 586 g/mol. The van der Waals surface area contributed by atoms with E-state index >= 15 is 0 Å². The number of sulfonamides is 1. The van der Waals surface area contributed by atoms with Gasteiger partial charge in [-0.05, 0) is 72.2 Å². The lowest BCUT2D eigenvalue weighted by atomic mass is 10.1. The summed E-state index contributed by atoms with van der Waals surface area (Å²) in [6.07, 6.45) is 6.65. The first kappa shape index (κ1) is 28.8. The molecule has 0 fully saturated rings. The Bertz CT molecular complexity index is 1740. The van der Waals surface area contributed by atoms with Gasteiger partial charge in [0.2, 0.25) is 15.9 Å². The molecule has 14 nitrogen and oxygen atoms in total. The number of aromatic amines is 1. The summed E-state index contributed by atoms with van der Waals surface area (Å²) in [5.41, 5.74) is 2.77. The van der Waals surface area contributed by atoms with Crippen molar-refractivity contribution in [2.24, 2.45) is 0 Å². The zero-order valence-electron chi connectivity index (χ0n) is 22.2. The van der Waals surface area contributed by atoms with Crippen LogP contribution in [0, 0.1) is 0 Å². The Morgan fingerprint density at radius 3 is 2.83 bits per heavy atom. The minimum absolute atomic E-state index is 0.130. The van der Waals surface area contributed by atoms with Crippen LogP contribution in [0.5, 0.6) is 0 Å². The first-order valence-electron chi connectivity index (χ1n) is 12.8. The van der Waals surface area contributed by atoms with Gasteiger partial charge in [0.1, 0.15) is 12.2 Å². The summed E-state index contributed by atoms with van der Waals surface area (Å²) in [6, 6.07) is 9.34. The second-order valence-corrected chi connectivity index (χ2v) is 11.6. The number of hydrogen-bond acceptors (Lipinski definition) is 9. The third-order valence-electron chi connectivity index (χ3n) is 6.39. The number of fused-ring (bicyclic) bond motifs is 4. The number of amides is 2. The highest BCUT2D eigenvalue weighted by Crippen LogP contribution is 2.32. The number of H-pyrrole nitrogens is 1. The van der Waals surface area contributed by atoms with Crippen LogP contribution in [0.1, 0.15) is 36.7 Å². The van der Waals surface area contributed by atoms with Gasteiger partial charge in [-0.2, -0.15) is 4.68 Å². The Morgan fingerprint density at radius 2 is 2.05 bits per heavy atom. The molecular formula is C26H26ClN9O5S. The number of carbonyl (C=O) groups is 2. The van der Waals surface area contributed by atoms with Crippen molar-refractivity contribution in [3.63, 3.8) is 0 Å². The lowest BCUT2D eigenvalue weighted by molar-refractivity contribution is -0.117. The van der Waals surface area contributed by atoms with Crippen LogP contribution < -0.4 is 15.4 Å². The van der Waals surface area contributed by atoms with Crippen LogP contribution in [0.3, 0.4) is 0 Å². The van der Waals surface area contributed by atoms with E-state index < -0.39 is 22.2 Å². The second-order valence-electron chi connectivity index (χ2n) is 9.32. The number of imidazole rings is 1. The maximum Gasteiger partial charge on any atom is 0.411 e. The maximum absolute atomic E-state index is 13.0. The minimum atomic E-state index is -3.71. The molecule has 0 saturated heterocycles. The Morgan fingerprint density at radius 1 is 1.19 bits per heavy atom. The number of nitrogens with zero attached hydrogens (tertiary/aromatic N) is 5. The predicted octanol–water partition coefficient (Wildman–Crippen LogP) is 3.68. The number of tetrazole rings is 1. The van der Waals surface area contributed by atoms with E-state index in [4.69, 9.17) is 11.6 Å². The zero-order valence-corrected chi connectivity index (χ0v) is 23.8. The maximum atomic E-state index is 13.0. The molecule has 218 valence electrons. The molecule has 2 aromatic heterocycles. The zero-order chi connectivity index (χ0) is 29.7. The van der Waals surface area contributed by atoms with Crippen molar-refractivity contribution in [1.82, 2.24) is 35.5 Å². The number of carbonyl (C=O) groups excluding carboxylic acids is 2. The summed E-state index contributed by atoms with van der Waals surface area (Å²) in [5.74, 6) is -0.00843. The van der Waals surface area contributed by atoms with Gasteiger partial charge in [-0.15, -0.1) is 5.10 Å². The van der Waals surface area contributed by atoms with Crippen molar-refractivity contribution in [2.45, 2.75) is 25.3 Å². The first-order valence-corrected chi connectivity index (χ1v) is 14.8. The highest BCUT2D eigenvalue weighted by atomic mass is 35.5. The lowest BCUT2D eigenvalue weighted by Gasteiger charge is -2.18. The van der Waals surface area contributed by atoms with Gasteiger partial charge in [-0.1, -0.05) is 11.6 Å². The predicted molar refractivity (Wildman–Crippen MR) is 155 cm³/mol. The van der Waals surface area contributed by atoms with Crippen molar-refractivity contribution in [2.75, 3.05) is 22.9 Å². The average Bonchev–Trinajstić information content (AvgIpc) is 3.66. The van der Waals surface area contributed by atoms with Crippen LogP contribution in [-0.2, 0) is 19.6 Å². The van der Waals surface area contributed by atoms with E-state index in [9.17, 15) is 18.0 Å². The summed E-state index contributed by atoms with van der Waals surface area (Å²) >= 11 is 6.18. The second kappa shape index (κ2) is 12.4. The monoisotopic (exact) mass is 611 g/mol. The van der Waals surface area contributed by atoms with Crippen LogP contribution in [0.15, 0.2) is 55.0 Å². The normalized spacial score (nSPS) is 16.4. The SMILES string of the molecule is COC(=O)Nc1ccc2c(c1)NS(=O)(=O)CCCCC(NC(=O)/C=C/c1cc(Cl)ccc1-n1cnnn1)c1nc-2c[nH]1. The van der Waals surface area contributed by atoms with E-state index in [0.717, 1.165) is 0 Å². The number of nitrogens with one attached hydrogen (secondary N) is 4. The summed E-state index contributed by atoms with van der Waals surface area (Å²) in [5, 5.41) is 17.2. The molecule has 2 amide bonds. The molecule has 4 aromatic rings. The Hall–Kier alpha value is -4.76. The van der Waals surface area contributed by atoms with E-state index in [0.29, 0.717) is 58.3 Å². The standard InChI is InChI=1S/C26H26ClN9O5S/c1-41-26(38)30-18-7-8-19-21(13-18)33-42(39,40)11-3-2-4-20(25-28-14-22(19)32-25)31-24(37)10-5-16-12-17(27)6-9-23(16)36-15-29-34-35-36/h5-10,12-15,20,33H,2-4,11H2,1H3,(H,28,32)(H,30,38)(H,31,37)/b10-5+. The highest BCUT2D eigenvalue weighted by molar-refractivity contribution is 7.92. The molecule has 3 heterocycles. The quantitative estimate of drug-likeness (QED) is 0.244. The van der Waals surface area contributed by atoms with Gasteiger partial charge in [-0.25, -0.2) is 18.2 Å². The van der Waals surface area contributed by atoms with Crippen LogP contribution in [0.25, 0.3) is 23.0 Å². The molecule has 2 bridgehead atoms. The van der Waals surface area contributed by atoms with Crippen molar-refractivity contribution in [3.05, 3.63) is 71.4 Å². The molecule has 0 aliphatic carbocycles. The molecule has 0 saturated carbocycles. The fourth-order valence-corrected chi connectivity index (χ4v) is 5.78. The molecule has 0 spiro atoms. The van der Waals surface area contributed by atoms with Crippen molar-refractivity contribution < 1.29 is 22.7 Å². The van der Waals surface area contributed by atoms with E-state index in [-0.39, 0.29) is 17.3 Å². The molecule has 16 heteroatoms. The summed E-state index contributed by atoms with van der Waals surface area (Å²) in [4.78, 5) is 32.5. The van der Waals surface area contributed by atoms with Crippen molar-refractivity contribution in [3.8, 4) is 16.9 Å². The van der Waals surface area contributed by atoms with Gasteiger partial charge in [0.25, 0.3) is 0 Å². The van der Waals surface area contributed by atoms with Crippen LogP contribution in [0.2, 0.25) is 5.02 Å². The largest absolute Gasteiger partial charge is 0.453 e. The molecule has 1 aliphatic heterocycles. The van der Waals surface area contributed by atoms with E-state index in [2.05, 4.69) is 45.6 Å². The van der Waals surface area contributed by atoms with Gasteiger partial charge >= 0.3 is 6.09 Å². The smallest absolute Gasteiger partial charge is 0.411 e. The van der Waals surface area contributed by atoms with Crippen molar-refractivity contribution >= 4 is 51.1 Å². The molecule has 5 rings (SSSR count). The van der Waals surface area contributed by atoms with Gasteiger partial charge < -0.3 is 15.0 Å². The number of rotatable bonds is 5. The number of anilines is 2. The lowest BCUT2D eigenvalue weighted by Crippen LogP contribution is -2.28. The average molecular weight is 612 g/mol. The van der Waals surface area contributed by atoms with Gasteiger partial charge in [0.05, 0.1) is 36.0 Å². The summed E-state index contributed by atoms with van der Waals surface area (Å²) in [7, 11) is -2.48. The Labute approximate surface area is 245 Å². The summed E-state index contributed by atoms with van der Waals surface area (Å²) < 4.78 is 34.4. The van der Waals surface area contributed by atoms with E-state index in [1.807, 2.05) is 0 Å². The van der Waals surface area contributed by atoms with Gasteiger partial charge in [0, 0.05) is 34.1 Å². The Kier molecular flexibility index (Phi) is 8.49. The molecule has 4 N–H and O–H groups in total. The molecule has 0 radical (unpaired) electrons. The van der Waals surface area contributed by atoms with Crippen LogP contribution in [-0.4, -0.2) is 63.5 Å². The van der Waals surface area contributed by atoms with Gasteiger partial charge in [-0.3, -0.25) is 14.8 Å². The number of benzene rings is 2. The van der Waals surface area contributed by atoms with E-state index in [1.165, 1.54) is 30.3 Å². The molecule has 1 unspecified atom stereocenters. The topological polar surface area (TPSA) is 186 Å². The highest BCUT2D eigenvalue weighted by Gasteiger charge is 2.22. The Balaban J connectivity index is 1.41. The van der Waals surface area contributed by atoms with Crippen molar-refractivity contribution in [1.29, 1.82) is 0 Å². The molecule has 1 atom stereocenters.